The van der Waals surface area contributed by atoms with Crippen LogP contribution in [0.5, 0.6) is 5.75 Å². The van der Waals surface area contributed by atoms with E-state index in [1.165, 1.54) is 0 Å². The van der Waals surface area contributed by atoms with Gasteiger partial charge in [0.15, 0.2) is 0 Å². The van der Waals surface area contributed by atoms with Gasteiger partial charge >= 0.3 is 0 Å². The summed E-state index contributed by atoms with van der Waals surface area (Å²) >= 11 is 0. The Morgan fingerprint density at radius 2 is 2.07 bits per heavy atom. The third kappa shape index (κ3) is 4.14. The number of amides is 1. The molecule has 1 rings (SSSR count). The van der Waals surface area contributed by atoms with Crippen LogP contribution in [-0.4, -0.2) is 12.5 Å². The van der Waals surface area contributed by atoms with Gasteiger partial charge in [-0.05, 0) is 17.7 Å². The lowest BCUT2D eigenvalue weighted by Crippen LogP contribution is -2.14. The Labute approximate surface area is 88.3 Å². The fourth-order valence-electron chi connectivity index (χ4n) is 1.06. The second-order valence-corrected chi connectivity index (χ2v) is 3.04. The number of nitriles is 1. The average molecular weight is 204 g/mol. The molecule has 0 spiro atoms. The SMILES string of the molecule is N#CCc1ccc(OCCC(N)=O)cc1. The monoisotopic (exact) mass is 204 g/mol. The Morgan fingerprint density at radius 1 is 1.40 bits per heavy atom. The van der Waals surface area contributed by atoms with Gasteiger partial charge in [-0.15, -0.1) is 0 Å². The molecule has 0 saturated carbocycles. The van der Waals surface area contributed by atoms with Crippen LogP contribution in [0.2, 0.25) is 0 Å². The van der Waals surface area contributed by atoms with Crippen LogP contribution in [0.3, 0.4) is 0 Å². The van der Waals surface area contributed by atoms with E-state index in [0.717, 1.165) is 5.56 Å². The molecule has 1 amide bonds. The number of carbonyl (C=O) groups excluding carboxylic acids is 1. The van der Waals surface area contributed by atoms with Crippen LogP contribution in [0.15, 0.2) is 24.3 Å². The van der Waals surface area contributed by atoms with Gasteiger partial charge in [0.1, 0.15) is 5.75 Å². The Kier molecular flexibility index (Phi) is 4.17. The normalized spacial score (nSPS) is 9.27. The van der Waals surface area contributed by atoms with Crippen molar-refractivity contribution in [2.75, 3.05) is 6.61 Å². The van der Waals surface area contributed by atoms with E-state index < -0.39 is 0 Å². The molecule has 0 unspecified atom stereocenters. The number of nitrogens with zero attached hydrogens (tertiary/aromatic N) is 1. The van der Waals surface area contributed by atoms with Crippen LogP contribution in [0.25, 0.3) is 0 Å². The lowest BCUT2D eigenvalue weighted by molar-refractivity contribution is -0.118. The van der Waals surface area contributed by atoms with Crippen molar-refractivity contribution in [3.63, 3.8) is 0 Å². The minimum atomic E-state index is -0.379. The van der Waals surface area contributed by atoms with Crippen molar-refractivity contribution < 1.29 is 9.53 Å². The third-order valence-electron chi connectivity index (χ3n) is 1.82. The lowest BCUT2D eigenvalue weighted by Gasteiger charge is -2.04. The minimum Gasteiger partial charge on any atom is -0.493 e. The molecule has 15 heavy (non-hydrogen) atoms. The summed E-state index contributed by atoms with van der Waals surface area (Å²) in [5.74, 6) is 0.300. The van der Waals surface area contributed by atoms with Gasteiger partial charge in [-0.3, -0.25) is 4.79 Å². The van der Waals surface area contributed by atoms with Crippen molar-refractivity contribution in [2.24, 2.45) is 5.73 Å². The van der Waals surface area contributed by atoms with Crippen LogP contribution in [-0.2, 0) is 11.2 Å². The number of hydrogen-bond donors (Lipinski definition) is 1. The first-order valence-electron chi connectivity index (χ1n) is 4.59. The number of ether oxygens (including phenoxy) is 1. The molecule has 0 atom stereocenters. The molecule has 0 fully saturated rings. The number of hydrogen-bond acceptors (Lipinski definition) is 3. The first-order chi connectivity index (χ1) is 7.22. The molecule has 2 N–H and O–H groups in total. The molecule has 0 aromatic heterocycles. The molecule has 0 bridgehead atoms. The Hall–Kier alpha value is -2.02. The highest BCUT2D eigenvalue weighted by Gasteiger charge is 1.97. The molecule has 4 heteroatoms. The molecule has 0 aliphatic rings. The Morgan fingerprint density at radius 3 is 2.60 bits per heavy atom. The van der Waals surface area contributed by atoms with Crippen LogP contribution in [0, 0.1) is 11.3 Å². The highest BCUT2D eigenvalue weighted by molar-refractivity contribution is 5.73. The van der Waals surface area contributed by atoms with E-state index in [2.05, 4.69) is 6.07 Å². The second-order valence-electron chi connectivity index (χ2n) is 3.04. The maximum atomic E-state index is 10.4. The summed E-state index contributed by atoms with van der Waals surface area (Å²) in [6.07, 6.45) is 0.599. The summed E-state index contributed by atoms with van der Waals surface area (Å²) in [6.45, 7) is 0.285. The van der Waals surface area contributed by atoms with Gasteiger partial charge in [-0.2, -0.15) is 5.26 Å². The summed E-state index contributed by atoms with van der Waals surface area (Å²) in [5, 5.41) is 8.46. The van der Waals surface area contributed by atoms with Gasteiger partial charge in [0.05, 0.1) is 25.5 Å². The van der Waals surface area contributed by atoms with Gasteiger partial charge in [0.2, 0.25) is 5.91 Å². The Bertz CT molecular complexity index is 365. The van der Waals surface area contributed by atoms with Crippen molar-refractivity contribution in [3.8, 4) is 11.8 Å². The van der Waals surface area contributed by atoms with Crippen molar-refractivity contribution in [3.05, 3.63) is 29.8 Å². The predicted molar refractivity (Wildman–Crippen MR) is 55.1 cm³/mol. The molecule has 0 aliphatic heterocycles. The number of carbonyl (C=O) groups is 1. The summed E-state index contributed by atoms with van der Waals surface area (Å²) in [6, 6.07) is 9.25. The quantitative estimate of drug-likeness (QED) is 0.777. The molecular weight excluding hydrogens is 192 g/mol. The standard InChI is InChI=1S/C11H12N2O2/c12-7-5-9-1-3-10(4-2-9)15-8-6-11(13)14/h1-4H,5-6,8H2,(H2,13,14). The van der Waals surface area contributed by atoms with E-state index in [9.17, 15) is 4.79 Å². The molecule has 0 aliphatic carbocycles. The summed E-state index contributed by atoms with van der Waals surface area (Å²) in [7, 11) is 0. The average Bonchev–Trinajstić information content (AvgIpc) is 2.20. The maximum Gasteiger partial charge on any atom is 0.220 e. The molecule has 1 aromatic carbocycles. The van der Waals surface area contributed by atoms with Crippen molar-refractivity contribution in [1.29, 1.82) is 5.26 Å². The van der Waals surface area contributed by atoms with Gasteiger partial charge in [0.25, 0.3) is 0 Å². The smallest absolute Gasteiger partial charge is 0.220 e. The van der Waals surface area contributed by atoms with Crippen LogP contribution in [0.1, 0.15) is 12.0 Å². The number of nitrogens with two attached hydrogens (primary N) is 1. The molecule has 0 heterocycles. The van der Waals surface area contributed by atoms with Crippen molar-refractivity contribution in [1.82, 2.24) is 0 Å². The summed E-state index contributed by atoms with van der Waals surface area (Å²) < 4.78 is 5.27. The largest absolute Gasteiger partial charge is 0.493 e. The van der Waals surface area contributed by atoms with Crippen LogP contribution in [0.4, 0.5) is 0 Å². The minimum absolute atomic E-state index is 0.208. The van der Waals surface area contributed by atoms with E-state index in [-0.39, 0.29) is 18.9 Å². The van der Waals surface area contributed by atoms with Gasteiger partial charge in [0, 0.05) is 0 Å². The van der Waals surface area contributed by atoms with Gasteiger partial charge in [-0.1, -0.05) is 12.1 Å². The lowest BCUT2D eigenvalue weighted by atomic mass is 10.2. The first kappa shape index (κ1) is 11.1. The fourth-order valence-corrected chi connectivity index (χ4v) is 1.06. The number of rotatable bonds is 5. The van der Waals surface area contributed by atoms with E-state index >= 15 is 0 Å². The summed E-state index contributed by atoms with van der Waals surface area (Å²) in [5.41, 5.74) is 5.91. The van der Waals surface area contributed by atoms with Crippen LogP contribution < -0.4 is 10.5 Å². The van der Waals surface area contributed by atoms with Gasteiger partial charge in [-0.25, -0.2) is 0 Å². The fraction of sp³-hybridized carbons (Fsp3) is 0.273. The maximum absolute atomic E-state index is 10.4. The van der Waals surface area contributed by atoms with Crippen molar-refractivity contribution >= 4 is 5.91 Å². The van der Waals surface area contributed by atoms with Crippen molar-refractivity contribution in [2.45, 2.75) is 12.8 Å². The molecule has 1 aromatic rings. The zero-order valence-corrected chi connectivity index (χ0v) is 8.27. The Balaban J connectivity index is 2.43. The zero-order valence-electron chi connectivity index (χ0n) is 8.27. The van der Waals surface area contributed by atoms with E-state index in [4.69, 9.17) is 15.7 Å². The highest BCUT2D eigenvalue weighted by atomic mass is 16.5. The van der Waals surface area contributed by atoms with E-state index in [1.807, 2.05) is 12.1 Å². The molecule has 0 saturated heterocycles. The molecule has 4 nitrogen and oxygen atoms in total. The third-order valence-corrected chi connectivity index (χ3v) is 1.82. The predicted octanol–water partition coefficient (Wildman–Crippen LogP) is 1.01. The summed E-state index contributed by atoms with van der Waals surface area (Å²) in [4.78, 5) is 10.4. The number of primary amides is 1. The second kappa shape index (κ2) is 5.66. The zero-order chi connectivity index (χ0) is 11.1. The molecular formula is C11H12N2O2. The van der Waals surface area contributed by atoms with Gasteiger partial charge < -0.3 is 10.5 Å². The number of benzene rings is 1. The highest BCUT2D eigenvalue weighted by Crippen LogP contribution is 2.12. The van der Waals surface area contributed by atoms with E-state index in [0.29, 0.717) is 12.2 Å². The van der Waals surface area contributed by atoms with Crippen LogP contribution >= 0.6 is 0 Å². The first-order valence-corrected chi connectivity index (χ1v) is 4.59. The van der Waals surface area contributed by atoms with E-state index in [1.54, 1.807) is 12.1 Å². The topological polar surface area (TPSA) is 76.1 Å². The molecule has 78 valence electrons. The molecule has 0 radical (unpaired) electrons.